The molecule has 1 amide bonds. The SMILES string of the molecule is CC(C)(C)C(N)CC(=O)N1CCC(CC(=O)O)C1. The Hall–Kier alpha value is -1.10. The Balaban J connectivity index is 2.43. The molecule has 2 unspecified atom stereocenters. The predicted molar refractivity (Wildman–Crippen MR) is 69.0 cm³/mol. The van der Waals surface area contributed by atoms with Crippen LogP contribution in [0.4, 0.5) is 0 Å². The van der Waals surface area contributed by atoms with Crippen molar-refractivity contribution in [3.05, 3.63) is 0 Å². The van der Waals surface area contributed by atoms with Crippen LogP contribution in [0.15, 0.2) is 0 Å². The minimum atomic E-state index is -0.791. The highest BCUT2D eigenvalue weighted by atomic mass is 16.4. The Bertz CT molecular complexity index is 323. The normalized spacial score (nSPS) is 22.0. The van der Waals surface area contributed by atoms with Crippen LogP contribution in [0.5, 0.6) is 0 Å². The highest BCUT2D eigenvalue weighted by Crippen LogP contribution is 2.24. The van der Waals surface area contributed by atoms with E-state index >= 15 is 0 Å². The number of carboxylic acid groups (broad SMARTS) is 1. The van der Waals surface area contributed by atoms with Crippen LogP contribution in [-0.4, -0.2) is 41.0 Å². The third kappa shape index (κ3) is 4.29. The van der Waals surface area contributed by atoms with E-state index in [2.05, 4.69) is 0 Å². The van der Waals surface area contributed by atoms with Gasteiger partial charge >= 0.3 is 5.97 Å². The van der Waals surface area contributed by atoms with Crippen molar-refractivity contribution in [3.63, 3.8) is 0 Å². The molecule has 0 aromatic rings. The van der Waals surface area contributed by atoms with Gasteiger partial charge in [-0.2, -0.15) is 0 Å². The summed E-state index contributed by atoms with van der Waals surface area (Å²) in [7, 11) is 0. The molecule has 3 N–H and O–H groups in total. The van der Waals surface area contributed by atoms with Crippen molar-refractivity contribution in [3.8, 4) is 0 Å². The van der Waals surface area contributed by atoms with Crippen molar-refractivity contribution >= 4 is 11.9 Å². The monoisotopic (exact) mass is 256 g/mol. The summed E-state index contributed by atoms with van der Waals surface area (Å²) >= 11 is 0. The number of likely N-dealkylation sites (tertiary alicyclic amines) is 1. The number of amides is 1. The van der Waals surface area contributed by atoms with Crippen LogP contribution in [0.2, 0.25) is 0 Å². The number of carbonyl (C=O) groups is 2. The van der Waals surface area contributed by atoms with Crippen LogP contribution in [0.25, 0.3) is 0 Å². The zero-order chi connectivity index (χ0) is 13.9. The lowest BCUT2D eigenvalue weighted by Crippen LogP contribution is -2.41. The maximum Gasteiger partial charge on any atom is 0.303 e. The molecule has 2 atom stereocenters. The minimum Gasteiger partial charge on any atom is -0.481 e. The van der Waals surface area contributed by atoms with E-state index in [-0.39, 0.29) is 29.7 Å². The van der Waals surface area contributed by atoms with Crippen LogP contribution in [0.1, 0.15) is 40.0 Å². The number of rotatable bonds is 4. The molecular formula is C13H24N2O3. The molecule has 5 nitrogen and oxygen atoms in total. The van der Waals surface area contributed by atoms with E-state index in [0.29, 0.717) is 19.5 Å². The highest BCUT2D eigenvalue weighted by molar-refractivity contribution is 5.77. The van der Waals surface area contributed by atoms with Gasteiger partial charge in [-0.3, -0.25) is 9.59 Å². The van der Waals surface area contributed by atoms with Crippen LogP contribution in [-0.2, 0) is 9.59 Å². The fourth-order valence-corrected chi connectivity index (χ4v) is 2.10. The van der Waals surface area contributed by atoms with E-state index in [1.54, 1.807) is 4.90 Å². The van der Waals surface area contributed by atoms with Gasteiger partial charge in [-0.1, -0.05) is 20.8 Å². The summed E-state index contributed by atoms with van der Waals surface area (Å²) in [6.07, 6.45) is 1.27. The van der Waals surface area contributed by atoms with Gasteiger partial charge in [0.05, 0.1) is 0 Å². The zero-order valence-corrected chi connectivity index (χ0v) is 11.5. The Morgan fingerprint density at radius 1 is 1.44 bits per heavy atom. The lowest BCUT2D eigenvalue weighted by Gasteiger charge is -2.28. The van der Waals surface area contributed by atoms with E-state index in [0.717, 1.165) is 6.42 Å². The first kappa shape index (κ1) is 15.0. The second-order valence-electron chi connectivity index (χ2n) is 6.27. The number of hydrogen-bond acceptors (Lipinski definition) is 3. The van der Waals surface area contributed by atoms with E-state index in [9.17, 15) is 9.59 Å². The quantitative estimate of drug-likeness (QED) is 0.788. The summed E-state index contributed by atoms with van der Waals surface area (Å²) in [5.74, 6) is -0.650. The molecule has 1 rings (SSSR count). The summed E-state index contributed by atoms with van der Waals surface area (Å²) in [5.41, 5.74) is 5.91. The summed E-state index contributed by atoms with van der Waals surface area (Å²) in [6, 6.07) is -0.163. The van der Waals surface area contributed by atoms with Crippen molar-refractivity contribution in [2.24, 2.45) is 17.1 Å². The fraction of sp³-hybridized carbons (Fsp3) is 0.846. The van der Waals surface area contributed by atoms with E-state index in [1.165, 1.54) is 0 Å². The van der Waals surface area contributed by atoms with E-state index in [1.807, 2.05) is 20.8 Å². The number of carboxylic acids is 1. The molecule has 0 spiro atoms. The van der Waals surface area contributed by atoms with Gasteiger partial charge in [-0.05, 0) is 17.8 Å². The zero-order valence-electron chi connectivity index (χ0n) is 11.5. The molecule has 0 radical (unpaired) electrons. The van der Waals surface area contributed by atoms with Crippen molar-refractivity contribution in [2.75, 3.05) is 13.1 Å². The average molecular weight is 256 g/mol. The molecule has 0 bridgehead atoms. The molecule has 5 heteroatoms. The predicted octanol–water partition coefficient (Wildman–Crippen LogP) is 1.07. The lowest BCUT2D eigenvalue weighted by molar-refractivity contribution is -0.138. The summed E-state index contributed by atoms with van der Waals surface area (Å²) in [5, 5.41) is 8.73. The Morgan fingerprint density at radius 2 is 2.06 bits per heavy atom. The molecule has 1 aliphatic heterocycles. The molecule has 18 heavy (non-hydrogen) atoms. The number of aliphatic carboxylic acids is 1. The minimum absolute atomic E-state index is 0.0466. The van der Waals surface area contributed by atoms with Crippen molar-refractivity contribution in [1.29, 1.82) is 0 Å². The molecule has 0 aliphatic carbocycles. The first-order valence-electron chi connectivity index (χ1n) is 6.45. The third-order valence-corrected chi connectivity index (χ3v) is 3.61. The van der Waals surface area contributed by atoms with Crippen LogP contribution in [0, 0.1) is 11.3 Å². The molecule has 1 fully saturated rings. The van der Waals surface area contributed by atoms with Gasteiger partial charge in [0.25, 0.3) is 0 Å². The van der Waals surface area contributed by atoms with Gasteiger partial charge in [0.15, 0.2) is 0 Å². The van der Waals surface area contributed by atoms with Crippen LogP contribution < -0.4 is 5.73 Å². The van der Waals surface area contributed by atoms with Crippen LogP contribution in [0.3, 0.4) is 0 Å². The molecule has 104 valence electrons. The van der Waals surface area contributed by atoms with Gasteiger partial charge in [0, 0.05) is 32.0 Å². The summed E-state index contributed by atoms with van der Waals surface area (Å²) < 4.78 is 0. The van der Waals surface area contributed by atoms with Crippen LogP contribution >= 0.6 is 0 Å². The average Bonchev–Trinajstić information content (AvgIpc) is 2.63. The van der Waals surface area contributed by atoms with Gasteiger partial charge in [0.2, 0.25) is 5.91 Å². The van der Waals surface area contributed by atoms with Crippen molar-refractivity contribution < 1.29 is 14.7 Å². The van der Waals surface area contributed by atoms with E-state index in [4.69, 9.17) is 10.8 Å². The Morgan fingerprint density at radius 3 is 2.56 bits per heavy atom. The number of hydrogen-bond donors (Lipinski definition) is 2. The fourth-order valence-electron chi connectivity index (χ4n) is 2.10. The third-order valence-electron chi connectivity index (χ3n) is 3.61. The Labute approximate surface area is 108 Å². The largest absolute Gasteiger partial charge is 0.481 e. The second-order valence-corrected chi connectivity index (χ2v) is 6.27. The highest BCUT2D eigenvalue weighted by Gasteiger charge is 2.30. The lowest BCUT2D eigenvalue weighted by atomic mass is 9.85. The molecule has 0 saturated carbocycles. The summed E-state index contributed by atoms with van der Waals surface area (Å²) in [4.78, 5) is 24.4. The summed E-state index contributed by atoms with van der Waals surface area (Å²) in [6.45, 7) is 7.27. The van der Waals surface area contributed by atoms with Gasteiger partial charge in [0.1, 0.15) is 0 Å². The molecule has 0 aromatic carbocycles. The molecule has 1 heterocycles. The molecule has 0 aromatic heterocycles. The van der Waals surface area contributed by atoms with E-state index < -0.39 is 5.97 Å². The maximum atomic E-state index is 12.0. The first-order chi connectivity index (χ1) is 8.20. The maximum absolute atomic E-state index is 12.0. The molecule has 1 aliphatic rings. The smallest absolute Gasteiger partial charge is 0.303 e. The van der Waals surface area contributed by atoms with Gasteiger partial charge in [-0.15, -0.1) is 0 Å². The first-order valence-corrected chi connectivity index (χ1v) is 6.45. The number of nitrogens with zero attached hydrogens (tertiary/aromatic N) is 1. The molecular weight excluding hydrogens is 232 g/mol. The van der Waals surface area contributed by atoms with Gasteiger partial charge < -0.3 is 15.7 Å². The number of carbonyl (C=O) groups excluding carboxylic acids is 1. The molecule has 1 saturated heterocycles. The second kappa shape index (κ2) is 5.69. The van der Waals surface area contributed by atoms with Crippen molar-refractivity contribution in [2.45, 2.75) is 46.1 Å². The topological polar surface area (TPSA) is 83.6 Å². The van der Waals surface area contributed by atoms with Crippen molar-refractivity contribution in [1.82, 2.24) is 4.90 Å². The standard InChI is InChI=1S/C13H24N2O3/c1-13(2,3)10(14)7-11(16)15-5-4-9(8-15)6-12(17)18/h9-10H,4-8,14H2,1-3H3,(H,17,18). The number of nitrogens with two attached hydrogens (primary N) is 1. The Kier molecular flexibility index (Phi) is 4.73. The van der Waals surface area contributed by atoms with Gasteiger partial charge in [-0.25, -0.2) is 0 Å².